The number of hydrogen-bond acceptors (Lipinski definition) is 4. The van der Waals surface area contributed by atoms with Crippen LogP contribution in [-0.4, -0.2) is 18.1 Å². The first-order chi connectivity index (χ1) is 10.8. The summed E-state index contributed by atoms with van der Waals surface area (Å²) in [6.07, 6.45) is 4.27. The maximum atomic E-state index is 13.8. The molecule has 1 aromatic heterocycles. The summed E-state index contributed by atoms with van der Waals surface area (Å²) < 4.78 is 13.8. The molecule has 0 bridgehead atoms. The molecular weight excluding hydrogens is 279 g/mol. The van der Waals surface area contributed by atoms with Crippen LogP contribution in [0, 0.1) is 17.1 Å². The van der Waals surface area contributed by atoms with Crippen LogP contribution in [0.15, 0.2) is 36.5 Å². The molecule has 0 saturated carbocycles. The normalized spacial score (nSPS) is 13.9. The molecule has 2 aromatic rings. The van der Waals surface area contributed by atoms with Gasteiger partial charge in [0.15, 0.2) is 0 Å². The maximum absolute atomic E-state index is 13.8. The lowest BCUT2D eigenvalue weighted by Gasteiger charge is -2.16. The fraction of sp³-hybridized carbons (Fsp3) is 0.294. The molecule has 5 heteroatoms. The van der Waals surface area contributed by atoms with Gasteiger partial charge in [-0.25, -0.2) is 9.37 Å². The first-order valence-corrected chi connectivity index (χ1v) is 7.39. The molecule has 1 N–H and O–H groups in total. The van der Waals surface area contributed by atoms with Crippen molar-refractivity contribution in [2.24, 2.45) is 0 Å². The van der Waals surface area contributed by atoms with Gasteiger partial charge in [0, 0.05) is 25.8 Å². The minimum absolute atomic E-state index is 0.319. The van der Waals surface area contributed by atoms with Gasteiger partial charge in [-0.3, -0.25) is 0 Å². The minimum atomic E-state index is -0.416. The number of rotatable bonds is 4. The van der Waals surface area contributed by atoms with Gasteiger partial charge in [0.25, 0.3) is 0 Å². The van der Waals surface area contributed by atoms with Gasteiger partial charge in [0.2, 0.25) is 0 Å². The van der Waals surface area contributed by atoms with Gasteiger partial charge in [-0.2, -0.15) is 5.26 Å². The zero-order valence-corrected chi connectivity index (χ0v) is 12.2. The van der Waals surface area contributed by atoms with E-state index in [1.165, 1.54) is 18.9 Å². The van der Waals surface area contributed by atoms with Crippen LogP contribution >= 0.6 is 0 Å². The molecule has 0 unspecified atom stereocenters. The van der Waals surface area contributed by atoms with Crippen molar-refractivity contribution < 1.29 is 4.39 Å². The summed E-state index contributed by atoms with van der Waals surface area (Å²) in [5.74, 6) is 0.589. The second-order valence-electron chi connectivity index (χ2n) is 5.38. The number of nitrogens with zero attached hydrogens (tertiary/aromatic N) is 3. The number of nitriles is 1. The van der Waals surface area contributed by atoms with E-state index < -0.39 is 5.82 Å². The third-order valence-electron chi connectivity index (χ3n) is 3.82. The molecule has 1 saturated heterocycles. The predicted octanol–water partition coefficient (Wildman–Crippen LogP) is 3.30. The lowest BCUT2D eigenvalue weighted by molar-refractivity contribution is 0.629. The summed E-state index contributed by atoms with van der Waals surface area (Å²) in [5.41, 5.74) is 1.70. The van der Waals surface area contributed by atoms with Crippen molar-refractivity contribution in [3.05, 3.63) is 53.5 Å². The van der Waals surface area contributed by atoms with Crippen LogP contribution in [0.4, 0.5) is 15.9 Å². The molecule has 2 heterocycles. The average Bonchev–Trinajstić information content (AvgIpc) is 3.08. The highest BCUT2D eigenvalue weighted by molar-refractivity contribution is 5.49. The molecule has 0 atom stereocenters. The van der Waals surface area contributed by atoms with E-state index >= 15 is 0 Å². The number of aromatic nitrogens is 1. The Hall–Kier alpha value is -2.61. The molecule has 1 aromatic carbocycles. The van der Waals surface area contributed by atoms with E-state index in [2.05, 4.69) is 15.2 Å². The van der Waals surface area contributed by atoms with E-state index in [0.717, 1.165) is 24.5 Å². The van der Waals surface area contributed by atoms with Crippen molar-refractivity contribution in [1.29, 1.82) is 5.26 Å². The molecule has 22 heavy (non-hydrogen) atoms. The van der Waals surface area contributed by atoms with E-state index in [-0.39, 0.29) is 0 Å². The van der Waals surface area contributed by atoms with Gasteiger partial charge >= 0.3 is 0 Å². The fourth-order valence-electron chi connectivity index (χ4n) is 2.58. The van der Waals surface area contributed by atoms with Crippen LogP contribution in [-0.2, 0) is 6.54 Å². The van der Waals surface area contributed by atoms with Crippen molar-refractivity contribution in [1.82, 2.24) is 4.98 Å². The van der Waals surface area contributed by atoms with Crippen LogP contribution < -0.4 is 10.2 Å². The number of hydrogen-bond donors (Lipinski definition) is 1. The molecule has 1 fully saturated rings. The zero-order chi connectivity index (χ0) is 15.4. The predicted molar refractivity (Wildman–Crippen MR) is 84.1 cm³/mol. The molecule has 0 aliphatic carbocycles. The minimum Gasteiger partial charge on any atom is -0.379 e. The van der Waals surface area contributed by atoms with Crippen molar-refractivity contribution in [2.45, 2.75) is 19.4 Å². The molecule has 1 aliphatic rings. The number of halogens is 1. The molecular formula is C17H17FN4. The summed E-state index contributed by atoms with van der Waals surface area (Å²) in [5, 5.41) is 11.8. The Morgan fingerprint density at radius 3 is 2.68 bits per heavy atom. The smallest absolute Gasteiger partial charge is 0.147 e. The largest absolute Gasteiger partial charge is 0.379 e. The monoisotopic (exact) mass is 296 g/mol. The number of anilines is 2. The third kappa shape index (κ3) is 3.17. The Bertz CT molecular complexity index is 685. The highest BCUT2D eigenvalue weighted by Gasteiger charge is 2.13. The van der Waals surface area contributed by atoms with E-state index in [4.69, 9.17) is 5.26 Å². The number of nitrogens with one attached hydrogen (secondary N) is 1. The summed E-state index contributed by atoms with van der Waals surface area (Å²) in [7, 11) is 0. The molecule has 0 radical (unpaired) electrons. The zero-order valence-electron chi connectivity index (χ0n) is 12.2. The highest BCUT2D eigenvalue weighted by Crippen LogP contribution is 2.19. The molecule has 4 nitrogen and oxygen atoms in total. The number of pyridine rings is 1. The second kappa shape index (κ2) is 6.44. The van der Waals surface area contributed by atoms with Crippen molar-refractivity contribution in [2.75, 3.05) is 23.3 Å². The molecule has 0 spiro atoms. The van der Waals surface area contributed by atoms with Crippen LogP contribution in [0.3, 0.4) is 0 Å². The Morgan fingerprint density at radius 2 is 2.05 bits per heavy atom. The Balaban J connectivity index is 1.63. The number of benzene rings is 1. The molecule has 112 valence electrons. The summed E-state index contributed by atoms with van der Waals surface area (Å²) >= 11 is 0. The summed E-state index contributed by atoms with van der Waals surface area (Å²) in [4.78, 5) is 6.75. The molecule has 1 aliphatic heterocycles. The van der Waals surface area contributed by atoms with E-state index in [1.807, 2.05) is 24.4 Å². The van der Waals surface area contributed by atoms with Gasteiger partial charge < -0.3 is 10.2 Å². The fourth-order valence-corrected chi connectivity index (χ4v) is 2.58. The van der Waals surface area contributed by atoms with Crippen molar-refractivity contribution >= 4 is 11.5 Å². The van der Waals surface area contributed by atoms with Gasteiger partial charge in [-0.1, -0.05) is 6.07 Å². The summed E-state index contributed by atoms with van der Waals surface area (Å²) in [6, 6.07) is 10.4. The Labute approximate surface area is 129 Å². The lowest BCUT2D eigenvalue weighted by Crippen LogP contribution is -2.18. The second-order valence-corrected chi connectivity index (χ2v) is 5.38. The maximum Gasteiger partial charge on any atom is 0.147 e. The molecule has 0 amide bonds. The Kier molecular flexibility index (Phi) is 4.19. The quantitative estimate of drug-likeness (QED) is 0.940. The van der Waals surface area contributed by atoms with Crippen LogP contribution in [0.25, 0.3) is 0 Å². The first kappa shape index (κ1) is 14.3. The SMILES string of the molecule is N#Cc1ccc(NCc2ccc(N3CCCC3)nc2)c(F)c1. The van der Waals surface area contributed by atoms with E-state index in [0.29, 0.717) is 17.8 Å². The standard InChI is InChI=1S/C17H17FN4/c18-15-9-13(10-19)3-5-16(15)20-11-14-4-6-17(21-12-14)22-7-1-2-8-22/h3-6,9,12,20H,1-2,7-8,11H2. The van der Waals surface area contributed by atoms with E-state index in [1.54, 1.807) is 12.1 Å². The highest BCUT2D eigenvalue weighted by atomic mass is 19.1. The van der Waals surface area contributed by atoms with Gasteiger partial charge in [-0.15, -0.1) is 0 Å². The van der Waals surface area contributed by atoms with Gasteiger partial charge in [-0.05, 0) is 42.7 Å². The van der Waals surface area contributed by atoms with Crippen LogP contribution in [0.1, 0.15) is 24.0 Å². The van der Waals surface area contributed by atoms with Crippen molar-refractivity contribution in [3.63, 3.8) is 0 Å². The lowest BCUT2D eigenvalue weighted by atomic mass is 10.2. The van der Waals surface area contributed by atoms with Gasteiger partial charge in [0.05, 0.1) is 17.3 Å². The first-order valence-electron chi connectivity index (χ1n) is 7.39. The molecule has 3 rings (SSSR count). The van der Waals surface area contributed by atoms with Crippen LogP contribution in [0.5, 0.6) is 0 Å². The topological polar surface area (TPSA) is 52.0 Å². The Morgan fingerprint density at radius 1 is 1.23 bits per heavy atom. The van der Waals surface area contributed by atoms with Gasteiger partial charge in [0.1, 0.15) is 11.6 Å². The summed E-state index contributed by atoms with van der Waals surface area (Å²) in [6.45, 7) is 2.64. The van der Waals surface area contributed by atoms with Crippen LogP contribution in [0.2, 0.25) is 0 Å². The van der Waals surface area contributed by atoms with E-state index in [9.17, 15) is 4.39 Å². The van der Waals surface area contributed by atoms with Crippen molar-refractivity contribution in [3.8, 4) is 6.07 Å². The average molecular weight is 296 g/mol. The third-order valence-corrected chi connectivity index (χ3v) is 3.82.